The van der Waals surface area contributed by atoms with Gasteiger partial charge < -0.3 is 14.5 Å². The van der Waals surface area contributed by atoms with Crippen molar-refractivity contribution in [1.29, 1.82) is 0 Å². The molecule has 0 aliphatic rings. The summed E-state index contributed by atoms with van der Waals surface area (Å²) in [6.07, 6.45) is 0.540. The van der Waals surface area contributed by atoms with Crippen molar-refractivity contribution in [1.82, 2.24) is 14.6 Å². The van der Waals surface area contributed by atoms with Crippen LogP contribution in [0.1, 0.15) is 61.3 Å². The van der Waals surface area contributed by atoms with Crippen molar-refractivity contribution in [3.8, 4) is 0 Å². The van der Waals surface area contributed by atoms with Crippen LogP contribution in [0.2, 0.25) is 0 Å². The van der Waals surface area contributed by atoms with Gasteiger partial charge in [0.25, 0.3) is 0 Å². The average molecular weight is 365 g/mol. The van der Waals surface area contributed by atoms with Crippen molar-refractivity contribution >= 4 is 29.3 Å². The molecule has 2 heterocycles. The Hall–Kier alpha value is -2.55. The van der Waals surface area contributed by atoms with E-state index in [-0.39, 0.29) is 22.6 Å². The normalized spacial score (nSPS) is 10.6. The molecule has 0 aromatic carbocycles. The largest absolute Gasteiger partial charge is 0.462 e. The Kier molecular flexibility index (Phi) is 6.02. The molecule has 0 radical (unpaired) electrons. The summed E-state index contributed by atoms with van der Waals surface area (Å²) in [6, 6.07) is 0. The fourth-order valence-corrected chi connectivity index (χ4v) is 3.10. The topological polar surface area (TPSA) is 111 Å². The van der Waals surface area contributed by atoms with Crippen molar-refractivity contribution in [2.75, 3.05) is 13.2 Å². The fraction of sp³-hybridized carbons (Fsp3) is 0.438. The lowest BCUT2D eigenvalue weighted by molar-refractivity contribution is 0.0475. The predicted molar refractivity (Wildman–Crippen MR) is 90.1 cm³/mol. The summed E-state index contributed by atoms with van der Waals surface area (Å²) in [5.41, 5.74) is 1.94. The number of nitrogens with one attached hydrogen (secondary N) is 1. The van der Waals surface area contributed by atoms with E-state index in [9.17, 15) is 14.4 Å². The molecule has 8 nitrogen and oxygen atoms in total. The lowest BCUT2D eigenvalue weighted by Crippen LogP contribution is -2.18. The summed E-state index contributed by atoms with van der Waals surface area (Å²) in [6.45, 7) is 6.60. The Balaban J connectivity index is 2.16. The van der Waals surface area contributed by atoms with Gasteiger partial charge in [0, 0.05) is 11.4 Å². The zero-order valence-corrected chi connectivity index (χ0v) is 15.3. The number of carbonyl (C=O) groups is 3. The third-order valence-corrected chi connectivity index (χ3v) is 4.29. The smallest absolute Gasteiger partial charge is 0.352 e. The molecule has 0 fully saturated rings. The SMILES string of the molecule is CCOC(=O)c1c(C)[nH]c(C)c1C(=O)COC(=O)c1snnc1CC. The highest BCUT2D eigenvalue weighted by Crippen LogP contribution is 2.21. The molecule has 0 aliphatic heterocycles. The highest BCUT2D eigenvalue weighted by Gasteiger charge is 2.26. The lowest BCUT2D eigenvalue weighted by Gasteiger charge is -2.06. The first-order valence-electron chi connectivity index (χ1n) is 7.78. The Morgan fingerprint density at radius 1 is 1.04 bits per heavy atom. The number of aromatic nitrogens is 3. The average Bonchev–Trinajstić information content (AvgIpc) is 3.16. The molecular weight excluding hydrogens is 346 g/mol. The third-order valence-electron chi connectivity index (χ3n) is 3.54. The summed E-state index contributed by atoms with van der Waals surface area (Å²) in [5, 5.41) is 3.83. The van der Waals surface area contributed by atoms with Crippen molar-refractivity contribution in [2.45, 2.75) is 34.1 Å². The van der Waals surface area contributed by atoms with E-state index in [0.29, 0.717) is 23.5 Å². The van der Waals surface area contributed by atoms with Gasteiger partial charge in [-0.1, -0.05) is 11.4 Å². The molecule has 1 N–H and O–H groups in total. The van der Waals surface area contributed by atoms with Crippen LogP contribution in [0.3, 0.4) is 0 Å². The van der Waals surface area contributed by atoms with Crippen LogP contribution in [0.4, 0.5) is 0 Å². The molecule has 0 saturated heterocycles. The number of ketones is 1. The third kappa shape index (κ3) is 3.93. The summed E-state index contributed by atoms with van der Waals surface area (Å²) in [4.78, 5) is 39.9. The monoisotopic (exact) mass is 365 g/mol. The van der Waals surface area contributed by atoms with Crippen molar-refractivity contribution in [3.05, 3.63) is 33.1 Å². The zero-order valence-electron chi connectivity index (χ0n) is 14.5. The molecule has 2 aromatic heterocycles. The van der Waals surface area contributed by atoms with Gasteiger partial charge in [-0.15, -0.1) is 5.10 Å². The maximum absolute atomic E-state index is 12.5. The van der Waals surface area contributed by atoms with Crippen molar-refractivity contribution < 1.29 is 23.9 Å². The summed E-state index contributed by atoms with van der Waals surface area (Å²) < 4.78 is 13.8. The van der Waals surface area contributed by atoms with Gasteiger partial charge in [0.2, 0.25) is 5.78 Å². The van der Waals surface area contributed by atoms with Gasteiger partial charge in [0.15, 0.2) is 11.5 Å². The van der Waals surface area contributed by atoms with E-state index in [4.69, 9.17) is 9.47 Å². The standard InChI is InChI=1S/C16H19N3O5S/c1-5-10-14(25-19-18-10)16(22)24-7-11(20)12-8(3)17-9(4)13(12)15(21)23-6-2/h17H,5-7H2,1-4H3. The fourth-order valence-electron chi connectivity index (χ4n) is 2.45. The number of H-pyrrole nitrogens is 1. The first-order chi connectivity index (χ1) is 11.9. The Bertz CT molecular complexity index is 809. The van der Waals surface area contributed by atoms with Crippen LogP contribution in [0, 0.1) is 13.8 Å². The van der Waals surface area contributed by atoms with Gasteiger partial charge in [0.1, 0.15) is 0 Å². The molecule has 9 heteroatoms. The van der Waals surface area contributed by atoms with Crippen molar-refractivity contribution in [2.24, 2.45) is 0 Å². The molecule has 2 aromatic rings. The summed E-state index contributed by atoms with van der Waals surface area (Å²) >= 11 is 0.924. The molecule has 0 aliphatic carbocycles. The van der Waals surface area contributed by atoms with Gasteiger partial charge in [0.05, 0.1) is 23.4 Å². The van der Waals surface area contributed by atoms with E-state index >= 15 is 0 Å². The number of hydrogen-bond acceptors (Lipinski definition) is 8. The first kappa shape index (κ1) is 18.8. The number of aryl methyl sites for hydroxylation is 3. The van der Waals surface area contributed by atoms with Crippen LogP contribution in [0.15, 0.2) is 0 Å². The zero-order chi connectivity index (χ0) is 18.6. The molecule has 134 valence electrons. The number of Topliss-reactive ketones (excluding diaryl/α,β-unsaturated/α-hetero) is 1. The van der Waals surface area contributed by atoms with E-state index in [1.807, 2.05) is 6.92 Å². The van der Waals surface area contributed by atoms with E-state index in [1.54, 1.807) is 20.8 Å². The second kappa shape index (κ2) is 8.02. The van der Waals surface area contributed by atoms with Gasteiger partial charge in [-0.25, -0.2) is 9.59 Å². The van der Waals surface area contributed by atoms with Gasteiger partial charge in [-0.3, -0.25) is 4.79 Å². The summed E-state index contributed by atoms with van der Waals surface area (Å²) in [7, 11) is 0. The number of aromatic amines is 1. The Morgan fingerprint density at radius 3 is 2.36 bits per heavy atom. The number of ether oxygens (including phenoxy) is 2. The number of nitrogens with zero attached hydrogens (tertiary/aromatic N) is 2. The maximum Gasteiger partial charge on any atom is 0.352 e. The number of hydrogen-bond donors (Lipinski definition) is 1. The summed E-state index contributed by atoms with van der Waals surface area (Å²) in [5.74, 6) is -1.71. The molecule has 0 unspecified atom stereocenters. The van der Waals surface area contributed by atoms with E-state index in [1.165, 1.54) is 0 Å². The molecule has 0 saturated carbocycles. The van der Waals surface area contributed by atoms with Crippen LogP contribution in [0.5, 0.6) is 0 Å². The molecule has 2 rings (SSSR count). The van der Waals surface area contributed by atoms with Crippen LogP contribution in [0.25, 0.3) is 0 Å². The minimum atomic E-state index is -0.650. The first-order valence-corrected chi connectivity index (χ1v) is 8.55. The second-order valence-electron chi connectivity index (χ2n) is 5.25. The number of esters is 2. The number of rotatable bonds is 7. The second-order valence-corrected chi connectivity index (χ2v) is 6.00. The molecule has 0 atom stereocenters. The minimum Gasteiger partial charge on any atom is -0.462 e. The minimum absolute atomic E-state index is 0.175. The molecule has 0 amide bonds. The predicted octanol–water partition coefficient (Wildman–Crippen LogP) is 2.26. The van der Waals surface area contributed by atoms with Gasteiger partial charge >= 0.3 is 11.9 Å². The Labute approximate surface area is 148 Å². The van der Waals surface area contributed by atoms with E-state index < -0.39 is 24.3 Å². The highest BCUT2D eigenvalue weighted by atomic mass is 32.1. The van der Waals surface area contributed by atoms with Crippen LogP contribution in [-0.4, -0.2) is 45.5 Å². The molecule has 25 heavy (non-hydrogen) atoms. The molecule has 0 bridgehead atoms. The van der Waals surface area contributed by atoms with Crippen LogP contribution in [-0.2, 0) is 15.9 Å². The molecular formula is C16H19N3O5S. The lowest BCUT2D eigenvalue weighted by atomic mass is 10.1. The van der Waals surface area contributed by atoms with Crippen LogP contribution < -0.4 is 0 Å². The van der Waals surface area contributed by atoms with Crippen molar-refractivity contribution in [3.63, 3.8) is 0 Å². The highest BCUT2D eigenvalue weighted by molar-refractivity contribution is 7.07. The van der Waals surface area contributed by atoms with E-state index in [2.05, 4.69) is 14.6 Å². The Morgan fingerprint density at radius 2 is 1.72 bits per heavy atom. The quantitative estimate of drug-likeness (QED) is 0.592. The van der Waals surface area contributed by atoms with Crippen LogP contribution >= 0.6 is 11.5 Å². The number of carbonyl (C=O) groups excluding carboxylic acids is 3. The molecule has 0 spiro atoms. The van der Waals surface area contributed by atoms with Gasteiger partial charge in [-0.2, -0.15) is 0 Å². The maximum atomic E-state index is 12.5. The van der Waals surface area contributed by atoms with E-state index in [0.717, 1.165) is 11.5 Å². The van der Waals surface area contributed by atoms with Gasteiger partial charge in [-0.05, 0) is 38.7 Å².